The number of carbonyl (C=O) groups excluding carboxylic acids is 4. The quantitative estimate of drug-likeness (QED) is 0.278. The van der Waals surface area contributed by atoms with E-state index in [4.69, 9.17) is 5.73 Å². The van der Waals surface area contributed by atoms with Gasteiger partial charge in [-0.15, -0.1) is 0 Å². The first kappa shape index (κ1) is 27.6. The molecule has 3 rings (SSSR count). The van der Waals surface area contributed by atoms with Crippen LogP contribution in [0.3, 0.4) is 0 Å². The first-order valence-electron chi connectivity index (χ1n) is 12.8. The van der Waals surface area contributed by atoms with Crippen molar-refractivity contribution >= 4 is 23.6 Å². The summed E-state index contributed by atoms with van der Waals surface area (Å²) in [7, 11) is 0. The van der Waals surface area contributed by atoms with E-state index in [1.807, 2.05) is 44.2 Å². The molecule has 1 spiro atoms. The number of likely N-dealkylation sites (tertiary alicyclic amines) is 1. The zero-order valence-electron chi connectivity index (χ0n) is 21.3. The molecular weight excluding hydrogens is 460 g/mol. The van der Waals surface area contributed by atoms with Crippen LogP contribution in [-0.4, -0.2) is 79.9 Å². The van der Waals surface area contributed by atoms with E-state index in [1.165, 1.54) is 0 Å². The molecule has 36 heavy (non-hydrogen) atoms. The minimum Gasteiger partial charge on any atom is -0.346 e. The maximum atomic E-state index is 12.8. The smallest absolute Gasteiger partial charge is 0.243 e. The topological polar surface area (TPSA) is 146 Å². The molecule has 2 heterocycles. The first-order valence-corrected chi connectivity index (χ1v) is 12.8. The van der Waals surface area contributed by atoms with Crippen LogP contribution in [0.4, 0.5) is 0 Å². The van der Waals surface area contributed by atoms with Gasteiger partial charge in [-0.2, -0.15) is 0 Å². The van der Waals surface area contributed by atoms with E-state index in [2.05, 4.69) is 21.3 Å². The van der Waals surface area contributed by atoms with Gasteiger partial charge in [0.25, 0.3) is 0 Å². The maximum absolute atomic E-state index is 12.8. The normalized spacial score (nSPS) is 18.2. The van der Waals surface area contributed by atoms with Gasteiger partial charge in [-0.05, 0) is 42.6 Å². The molecule has 10 heteroatoms. The maximum Gasteiger partial charge on any atom is 0.243 e. The Morgan fingerprint density at radius 2 is 1.64 bits per heavy atom. The van der Waals surface area contributed by atoms with Crippen molar-refractivity contribution in [2.75, 3.05) is 39.3 Å². The number of nitrogens with one attached hydrogen (secondary N) is 4. The SMILES string of the molecule is CC(C)CC(NC(=O)CNC(=O)C(N)Cc1ccccc1)C(=O)NCC(=O)N1CCC2(CC1)CNC2. The summed E-state index contributed by atoms with van der Waals surface area (Å²) >= 11 is 0. The third kappa shape index (κ3) is 8.03. The summed E-state index contributed by atoms with van der Waals surface area (Å²) in [4.78, 5) is 52.0. The van der Waals surface area contributed by atoms with Gasteiger partial charge >= 0.3 is 0 Å². The second-order valence-corrected chi connectivity index (χ2v) is 10.5. The highest BCUT2D eigenvalue weighted by Crippen LogP contribution is 2.34. The molecule has 1 aromatic carbocycles. The molecule has 1 aromatic rings. The second-order valence-electron chi connectivity index (χ2n) is 10.5. The standard InChI is InChI=1S/C26H40N6O4/c1-18(2)12-21(25(36)30-15-23(34)32-10-8-26(9-11-32)16-28-17-26)31-22(33)14-29-24(35)20(27)13-19-6-4-3-5-7-19/h3-7,18,20-21,28H,8-17,27H2,1-2H3,(H,29,35)(H,30,36)(H,31,33). The highest BCUT2D eigenvalue weighted by Gasteiger charge is 2.40. The summed E-state index contributed by atoms with van der Waals surface area (Å²) in [6, 6.07) is 7.80. The number of hydrogen-bond acceptors (Lipinski definition) is 6. The van der Waals surface area contributed by atoms with Gasteiger partial charge in [0.2, 0.25) is 23.6 Å². The lowest BCUT2D eigenvalue weighted by molar-refractivity contribution is -0.136. The molecule has 2 unspecified atom stereocenters. The summed E-state index contributed by atoms with van der Waals surface area (Å²) in [5.74, 6) is -1.31. The van der Waals surface area contributed by atoms with Gasteiger partial charge in [-0.3, -0.25) is 19.2 Å². The number of nitrogens with zero attached hydrogens (tertiary/aromatic N) is 1. The molecule has 4 amide bonds. The van der Waals surface area contributed by atoms with Gasteiger partial charge in [-0.25, -0.2) is 0 Å². The molecule has 0 aromatic heterocycles. The van der Waals surface area contributed by atoms with Crippen molar-refractivity contribution in [1.29, 1.82) is 0 Å². The highest BCUT2D eigenvalue weighted by molar-refractivity contribution is 5.92. The zero-order valence-corrected chi connectivity index (χ0v) is 21.3. The van der Waals surface area contributed by atoms with Gasteiger partial charge in [0.05, 0.1) is 19.1 Å². The lowest BCUT2D eigenvalue weighted by Gasteiger charge is -2.48. The fourth-order valence-corrected chi connectivity index (χ4v) is 4.67. The van der Waals surface area contributed by atoms with Crippen molar-refractivity contribution in [3.63, 3.8) is 0 Å². The number of nitrogens with two attached hydrogens (primary N) is 1. The lowest BCUT2D eigenvalue weighted by Crippen LogP contribution is -2.59. The van der Waals surface area contributed by atoms with Gasteiger partial charge in [0, 0.05) is 26.2 Å². The van der Waals surface area contributed by atoms with Crippen LogP contribution < -0.4 is 27.0 Å². The predicted molar refractivity (Wildman–Crippen MR) is 137 cm³/mol. The second kappa shape index (κ2) is 12.8. The number of amides is 4. The molecule has 2 saturated heterocycles. The van der Waals surface area contributed by atoms with Crippen LogP contribution in [0.5, 0.6) is 0 Å². The van der Waals surface area contributed by atoms with Gasteiger partial charge < -0.3 is 31.9 Å². The van der Waals surface area contributed by atoms with Crippen LogP contribution in [0.25, 0.3) is 0 Å². The van der Waals surface area contributed by atoms with Crippen molar-refractivity contribution in [3.05, 3.63) is 35.9 Å². The van der Waals surface area contributed by atoms with Crippen molar-refractivity contribution < 1.29 is 19.2 Å². The molecule has 2 atom stereocenters. The van der Waals surface area contributed by atoms with E-state index >= 15 is 0 Å². The summed E-state index contributed by atoms with van der Waals surface area (Å²) < 4.78 is 0. The molecule has 2 fully saturated rings. The Hall–Kier alpha value is -2.98. The molecule has 0 saturated carbocycles. The number of hydrogen-bond donors (Lipinski definition) is 5. The van der Waals surface area contributed by atoms with Crippen molar-refractivity contribution in [2.24, 2.45) is 17.1 Å². The Balaban J connectivity index is 1.41. The Bertz CT molecular complexity index is 908. The van der Waals surface area contributed by atoms with E-state index < -0.39 is 29.8 Å². The largest absolute Gasteiger partial charge is 0.346 e. The fourth-order valence-electron chi connectivity index (χ4n) is 4.67. The fraction of sp³-hybridized carbons (Fsp3) is 0.615. The van der Waals surface area contributed by atoms with E-state index in [9.17, 15) is 19.2 Å². The highest BCUT2D eigenvalue weighted by atomic mass is 16.2. The summed E-state index contributed by atoms with van der Waals surface area (Å²) in [5.41, 5.74) is 7.23. The van der Waals surface area contributed by atoms with E-state index in [0.717, 1.165) is 31.5 Å². The minimum atomic E-state index is -0.800. The Labute approximate surface area is 213 Å². The van der Waals surface area contributed by atoms with Crippen LogP contribution in [0.15, 0.2) is 30.3 Å². The monoisotopic (exact) mass is 500 g/mol. The summed E-state index contributed by atoms with van der Waals surface area (Å²) in [5, 5.41) is 11.2. The van der Waals surface area contributed by atoms with Gasteiger partial charge in [-0.1, -0.05) is 44.2 Å². The summed E-state index contributed by atoms with van der Waals surface area (Å²) in [6.45, 7) is 6.95. The van der Waals surface area contributed by atoms with Crippen LogP contribution in [-0.2, 0) is 25.6 Å². The Morgan fingerprint density at radius 3 is 2.22 bits per heavy atom. The molecule has 0 radical (unpaired) electrons. The lowest BCUT2D eigenvalue weighted by atomic mass is 9.73. The average Bonchev–Trinajstić information content (AvgIpc) is 2.84. The molecular formula is C26H40N6O4. The molecule has 2 aliphatic rings. The predicted octanol–water partition coefficient (Wildman–Crippen LogP) is -0.468. The number of benzene rings is 1. The molecule has 198 valence electrons. The number of rotatable bonds is 11. The van der Waals surface area contributed by atoms with Crippen LogP contribution in [0.1, 0.15) is 38.7 Å². The molecule has 6 N–H and O–H groups in total. The zero-order chi connectivity index (χ0) is 26.1. The van der Waals surface area contributed by atoms with Crippen LogP contribution in [0.2, 0.25) is 0 Å². The van der Waals surface area contributed by atoms with Crippen molar-refractivity contribution in [2.45, 2.75) is 51.6 Å². The van der Waals surface area contributed by atoms with Gasteiger partial charge in [0.1, 0.15) is 6.04 Å². The minimum absolute atomic E-state index is 0.0976. The molecule has 0 bridgehead atoms. The third-order valence-electron chi connectivity index (χ3n) is 7.01. The Morgan fingerprint density at radius 1 is 1.00 bits per heavy atom. The van der Waals surface area contributed by atoms with Gasteiger partial charge in [0.15, 0.2) is 0 Å². The van der Waals surface area contributed by atoms with Crippen LogP contribution in [0, 0.1) is 11.3 Å². The van der Waals surface area contributed by atoms with Crippen LogP contribution >= 0.6 is 0 Å². The number of piperidine rings is 1. The molecule has 2 aliphatic heterocycles. The average molecular weight is 501 g/mol. The molecule has 10 nitrogen and oxygen atoms in total. The van der Waals surface area contributed by atoms with E-state index in [0.29, 0.717) is 31.3 Å². The van der Waals surface area contributed by atoms with Crippen molar-refractivity contribution in [3.8, 4) is 0 Å². The number of carbonyl (C=O) groups is 4. The third-order valence-corrected chi connectivity index (χ3v) is 7.01. The van der Waals surface area contributed by atoms with Crippen molar-refractivity contribution in [1.82, 2.24) is 26.2 Å². The Kier molecular flexibility index (Phi) is 9.83. The molecule has 0 aliphatic carbocycles. The van der Waals surface area contributed by atoms with E-state index in [-0.39, 0.29) is 24.9 Å². The van der Waals surface area contributed by atoms with E-state index in [1.54, 1.807) is 4.90 Å². The summed E-state index contributed by atoms with van der Waals surface area (Å²) in [6.07, 6.45) is 2.72. The first-order chi connectivity index (χ1) is 17.2.